The van der Waals surface area contributed by atoms with Crippen LogP contribution in [0.2, 0.25) is 0 Å². The van der Waals surface area contributed by atoms with Gasteiger partial charge in [0.25, 0.3) is 0 Å². The van der Waals surface area contributed by atoms with Gasteiger partial charge in [-0.2, -0.15) is 4.98 Å². The van der Waals surface area contributed by atoms with Crippen LogP contribution in [0.3, 0.4) is 0 Å². The molecule has 0 unspecified atom stereocenters. The summed E-state index contributed by atoms with van der Waals surface area (Å²) in [6, 6.07) is 6.25. The highest BCUT2D eigenvalue weighted by molar-refractivity contribution is 7.17. The van der Waals surface area contributed by atoms with Crippen LogP contribution in [0.4, 0.5) is 17.6 Å². The molecule has 0 aromatic carbocycles. The molecule has 0 bridgehead atoms. The van der Waals surface area contributed by atoms with Crippen LogP contribution in [-0.2, 0) is 4.74 Å². The number of thiophene rings is 1. The number of hydrogen-bond acceptors (Lipinski definition) is 8. The Bertz CT molecular complexity index is 917. The number of piperazine rings is 1. The Morgan fingerprint density at radius 2 is 1.59 bits per heavy atom. The number of morpholine rings is 1. The molecule has 27 heavy (non-hydrogen) atoms. The van der Waals surface area contributed by atoms with Gasteiger partial charge in [-0.3, -0.25) is 0 Å². The van der Waals surface area contributed by atoms with E-state index in [0.717, 1.165) is 70.1 Å². The summed E-state index contributed by atoms with van der Waals surface area (Å²) in [6.07, 6.45) is 3.78. The standard InChI is InChI=1S/C19H22N6OS/c1-4-20-18(15-3-14-27-16(1)15)24-6-8-25(9-7-24)19-21-5-2-17(22-19)23-10-12-26-13-11-23/h1-5,14H,6-13H2. The van der Waals surface area contributed by atoms with Crippen LogP contribution in [-0.4, -0.2) is 67.4 Å². The van der Waals surface area contributed by atoms with E-state index in [1.54, 1.807) is 11.3 Å². The lowest BCUT2D eigenvalue weighted by molar-refractivity contribution is 0.122. The molecule has 8 heteroatoms. The second kappa shape index (κ2) is 7.28. The molecule has 2 saturated heterocycles. The van der Waals surface area contributed by atoms with Crippen LogP contribution in [0.5, 0.6) is 0 Å². The Labute approximate surface area is 162 Å². The van der Waals surface area contributed by atoms with Gasteiger partial charge in [-0.1, -0.05) is 0 Å². The first-order chi connectivity index (χ1) is 13.4. The van der Waals surface area contributed by atoms with E-state index in [9.17, 15) is 0 Å². The van der Waals surface area contributed by atoms with Crippen LogP contribution in [0.25, 0.3) is 10.1 Å². The second-order valence-electron chi connectivity index (χ2n) is 6.76. The number of anilines is 3. The van der Waals surface area contributed by atoms with Crippen LogP contribution in [0.15, 0.2) is 36.0 Å². The zero-order valence-electron chi connectivity index (χ0n) is 15.1. The van der Waals surface area contributed by atoms with E-state index >= 15 is 0 Å². The summed E-state index contributed by atoms with van der Waals surface area (Å²) in [7, 11) is 0. The van der Waals surface area contributed by atoms with E-state index in [2.05, 4.69) is 42.2 Å². The maximum absolute atomic E-state index is 5.44. The Morgan fingerprint density at radius 1 is 0.815 bits per heavy atom. The highest BCUT2D eigenvalue weighted by Crippen LogP contribution is 2.29. The minimum Gasteiger partial charge on any atom is -0.378 e. The van der Waals surface area contributed by atoms with Gasteiger partial charge in [0, 0.05) is 61.7 Å². The Balaban J connectivity index is 1.30. The number of ether oxygens (including phenoxy) is 1. The largest absolute Gasteiger partial charge is 0.378 e. The molecule has 5 rings (SSSR count). The molecule has 3 aromatic rings. The Hall–Kier alpha value is -2.45. The maximum Gasteiger partial charge on any atom is 0.227 e. The number of hydrogen-bond donors (Lipinski definition) is 0. The smallest absolute Gasteiger partial charge is 0.227 e. The molecule has 2 aliphatic rings. The van der Waals surface area contributed by atoms with E-state index in [0.29, 0.717) is 0 Å². The van der Waals surface area contributed by atoms with Crippen molar-refractivity contribution < 1.29 is 4.74 Å². The molecule has 2 aliphatic heterocycles. The molecule has 0 atom stereocenters. The number of nitrogens with zero attached hydrogens (tertiary/aromatic N) is 6. The first-order valence-electron chi connectivity index (χ1n) is 9.36. The first kappa shape index (κ1) is 16.7. The van der Waals surface area contributed by atoms with Gasteiger partial charge in [-0.05, 0) is 23.6 Å². The van der Waals surface area contributed by atoms with Gasteiger partial charge in [0.05, 0.1) is 13.2 Å². The monoisotopic (exact) mass is 382 g/mol. The predicted octanol–water partition coefficient (Wildman–Crippen LogP) is 2.25. The summed E-state index contributed by atoms with van der Waals surface area (Å²) < 4.78 is 6.74. The predicted molar refractivity (Wildman–Crippen MR) is 109 cm³/mol. The molecule has 0 spiro atoms. The lowest BCUT2D eigenvalue weighted by Crippen LogP contribution is -2.47. The van der Waals surface area contributed by atoms with E-state index in [1.807, 2.05) is 18.5 Å². The maximum atomic E-state index is 5.44. The first-order valence-corrected chi connectivity index (χ1v) is 10.2. The van der Waals surface area contributed by atoms with Crippen molar-refractivity contribution in [3.63, 3.8) is 0 Å². The second-order valence-corrected chi connectivity index (χ2v) is 7.70. The third kappa shape index (κ3) is 3.30. The van der Waals surface area contributed by atoms with Crippen LogP contribution in [0.1, 0.15) is 0 Å². The molecule has 0 aliphatic carbocycles. The summed E-state index contributed by atoms with van der Waals surface area (Å²) in [5, 5.41) is 3.39. The molecule has 3 aromatic heterocycles. The number of aromatic nitrogens is 3. The molecule has 0 amide bonds. The fourth-order valence-corrected chi connectivity index (χ4v) is 4.49. The molecule has 2 fully saturated rings. The topological polar surface area (TPSA) is 57.6 Å². The molecule has 0 radical (unpaired) electrons. The zero-order chi connectivity index (χ0) is 18.1. The van der Waals surface area contributed by atoms with Crippen molar-refractivity contribution in [3.05, 3.63) is 36.0 Å². The number of rotatable bonds is 3. The Morgan fingerprint density at radius 3 is 2.44 bits per heavy atom. The summed E-state index contributed by atoms with van der Waals surface area (Å²) in [6.45, 7) is 6.95. The molecular formula is C19H22N6OS. The van der Waals surface area contributed by atoms with E-state index in [1.165, 1.54) is 10.1 Å². The third-order valence-corrected chi connectivity index (χ3v) is 6.07. The normalized spacial score (nSPS) is 18.3. The van der Waals surface area contributed by atoms with Crippen LogP contribution < -0.4 is 14.7 Å². The van der Waals surface area contributed by atoms with Gasteiger partial charge < -0.3 is 19.4 Å². The van der Waals surface area contributed by atoms with Crippen molar-refractivity contribution in [2.45, 2.75) is 0 Å². The van der Waals surface area contributed by atoms with Gasteiger partial charge in [0.2, 0.25) is 5.95 Å². The van der Waals surface area contributed by atoms with Crippen molar-refractivity contribution in [1.29, 1.82) is 0 Å². The third-order valence-electron chi connectivity index (χ3n) is 5.18. The van der Waals surface area contributed by atoms with Gasteiger partial charge in [0.1, 0.15) is 11.6 Å². The molecule has 0 saturated carbocycles. The zero-order valence-corrected chi connectivity index (χ0v) is 15.9. The van der Waals surface area contributed by atoms with Crippen molar-refractivity contribution in [2.24, 2.45) is 0 Å². The highest BCUT2D eigenvalue weighted by atomic mass is 32.1. The van der Waals surface area contributed by atoms with Gasteiger partial charge in [0.15, 0.2) is 0 Å². The fourth-order valence-electron chi connectivity index (χ4n) is 3.71. The molecular weight excluding hydrogens is 360 g/mol. The van der Waals surface area contributed by atoms with Gasteiger partial charge in [-0.15, -0.1) is 11.3 Å². The van der Waals surface area contributed by atoms with Crippen molar-refractivity contribution in [2.75, 3.05) is 67.2 Å². The van der Waals surface area contributed by atoms with Crippen molar-refractivity contribution in [1.82, 2.24) is 15.0 Å². The molecule has 140 valence electrons. The average Bonchev–Trinajstić information content (AvgIpc) is 3.24. The lowest BCUT2D eigenvalue weighted by atomic mass is 10.2. The summed E-state index contributed by atoms with van der Waals surface area (Å²) in [5.74, 6) is 2.91. The molecule has 0 N–H and O–H groups in total. The minimum atomic E-state index is 0.763. The SMILES string of the molecule is c1cc(N2CCOCC2)nc(N2CCN(c3nccc4sccc34)CC2)n1. The van der Waals surface area contributed by atoms with Crippen LogP contribution in [0, 0.1) is 0 Å². The Kier molecular flexibility index (Phi) is 4.51. The summed E-state index contributed by atoms with van der Waals surface area (Å²) in [5.41, 5.74) is 0. The van der Waals surface area contributed by atoms with Crippen molar-refractivity contribution >= 4 is 39.0 Å². The van der Waals surface area contributed by atoms with E-state index in [-0.39, 0.29) is 0 Å². The van der Waals surface area contributed by atoms with Gasteiger partial charge >= 0.3 is 0 Å². The number of fused-ring (bicyclic) bond motifs is 1. The number of pyridine rings is 1. The van der Waals surface area contributed by atoms with Gasteiger partial charge in [-0.25, -0.2) is 9.97 Å². The molecule has 7 nitrogen and oxygen atoms in total. The average molecular weight is 382 g/mol. The summed E-state index contributed by atoms with van der Waals surface area (Å²) >= 11 is 1.77. The molecule has 5 heterocycles. The highest BCUT2D eigenvalue weighted by Gasteiger charge is 2.22. The minimum absolute atomic E-state index is 0.763. The fraction of sp³-hybridized carbons (Fsp3) is 0.421. The van der Waals surface area contributed by atoms with E-state index in [4.69, 9.17) is 9.72 Å². The van der Waals surface area contributed by atoms with Crippen LogP contribution >= 0.6 is 11.3 Å². The summed E-state index contributed by atoms with van der Waals surface area (Å²) in [4.78, 5) is 20.9. The van der Waals surface area contributed by atoms with E-state index < -0.39 is 0 Å². The quantitative estimate of drug-likeness (QED) is 0.689. The lowest BCUT2D eigenvalue weighted by Gasteiger charge is -2.36. The van der Waals surface area contributed by atoms with Crippen molar-refractivity contribution in [3.8, 4) is 0 Å².